The van der Waals surface area contributed by atoms with Crippen molar-refractivity contribution in [3.05, 3.63) is 60.4 Å². The molecule has 1 atom stereocenters. The average molecular weight is 226 g/mol. The summed E-state index contributed by atoms with van der Waals surface area (Å²) in [5, 5.41) is 3.53. The van der Waals surface area contributed by atoms with Crippen LogP contribution in [-0.2, 0) is 0 Å². The predicted molar refractivity (Wildman–Crippen MR) is 72.0 cm³/mol. The van der Waals surface area contributed by atoms with Gasteiger partial charge in [0.1, 0.15) is 0 Å². The summed E-state index contributed by atoms with van der Waals surface area (Å²) in [7, 11) is 0. The number of hydrogen-bond donors (Lipinski definition) is 1. The maximum atomic E-state index is 4.13. The van der Waals surface area contributed by atoms with Crippen molar-refractivity contribution >= 4 is 5.69 Å². The first-order valence-corrected chi connectivity index (χ1v) is 6.11. The maximum Gasteiger partial charge on any atom is 0.0531 e. The van der Waals surface area contributed by atoms with E-state index < -0.39 is 0 Å². The minimum atomic E-state index is 0.366. The Hall–Kier alpha value is -1.83. The summed E-state index contributed by atoms with van der Waals surface area (Å²) in [5.74, 6) is 0. The van der Waals surface area contributed by atoms with Gasteiger partial charge in [0.2, 0.25) is 0 Å². The lowest BCUT2D eigenvalue weighted by atomic mass is 10.0. The van der Waals surface area contributed by atoms with Crippen LogP contribution in [0.2, 0.25) is 0 Å². The Labute approximate surface area is 103 Å². The van der Waals surface area contributed by atoms with Gasteiger partial charge in [-0.25, -0.2) is 0 Å². The molecule has 1 N–H and O–H groups in total. The molecule has 0 amide bonds. The molecule has 1 aromatic carbocycles. The fourth-order valence-electron chi connectivity index (χ4n) is 1.95. The first-order chi connectivity index (χ1) is 8.40. The molecule has 2 heteroatoms. The van der Waals surface area contributed by atoms with Gasteiger partial charge in [-0.15, -0.1) is 0 Å². The van der Waals surface area contributed by atoms with Crippen LogP contribution >= 0.6 is 0 Å². The largest absolute Gasteiger partial charge is 0.377 e. The highest BCUT2D eigenvalue weighted by Gasteiger charge is 2.09. The van der Waals surface area contributed by atoms with Gasteiger partial charge in [-0.1, -0.05) is 43.7 Å². The normalized spacial score (nSPS) is 12.1. The fraction of sp³-hybridized carbons (Fsp3) is 0.267. The van der Waals surface area contributed by atoms with E-state index in [2.05, 4.69) is 53.6 Å². The smallest absolute Gasteiger partial charge is 0.0531 e. The summed E-state index contributed by atoms with van der Waals surface area (Å²) in [6, 6.07) is 14.9. The van der Waals surface area contributed by atoms with E-state index in [-0.39, 0.29) is 0 Å². The van der Waals surface area contributed by atoms with Crippen molar-refractivity contribution in [2.75, 3.05) is 5.32 Å². The van der Waals surface area contributed by atoms with Crippen molar-refractivity contribution in [3.63, 3.8) is 0 Å². The first-order valence-electron chi connectivity index (χ1n) is 6.11. The van der Waals surface area contributed by atoms with Gasteiger partial charge in [0, 0.05) is 12.4 Å². The standard InChI is InChI=1S/C15H18N2/c1-2-7-15(13-8-4-3-5-9-13)17-14-10-6-11-16-12-14/h3-6,8-12,15,17H,2,7H2,1H3. The molecule has 0 saturated heterocycles. The van der Waals surface area contributed by atoms with Crippen molar-refractivity contribution in [2.45, 2.75) is 25.8 Å². The van der Waals surface area contributed by atoms with Crippen LogP contribution in [0.1, 0.15) is 31.4 Å². The molecular weight excluding hydrogens is 208 g/mol. The summed E-state index contributed by atoms with van der Waals surface area (Å²) in [5.41, 5.74) is 2.41. The minimum absolute atomic E-state index is 0.366. The van der Waals surface area contributed by atoms with E-state index in [1.807, 2.05) is 12.3 Å². The molecule has 0 bridgehead atoms. The number of nitrogens with zero attached hydrogens (tertiary/aromatic N) is 1. The number of hydrogen-bond acceptors (Lipinski definition) is 2. The van der Waals surface area contributed by atoms with E-state index in [0.29, 0.717) is 6.04 Å². The Bertz CT molecular complexity index is 425. The first kappa shape index (κ1) is 11.6. The SMILES string of the molecule is CCCC(Nc1cccnc1)c1ccccc1. The van der Waals surface area contributed by atoms with Crippen molar-refractivity contribution in [2.24, 2.45) is 0 Å². The van der Waals surface area contributed by atoms with E-state index in [1.165, 1.54) is 5.56 Å². The number of nitrogens with one attached hydrogen (secondary N) is 1. The molecule has 1 aromatic heterocycles. The molecule has 0 aliphatic rings. The van der Waals surface area contributed by atoms with E-state index in [1.54, 1.807) is 6.20 Å². The lowest BCUT2D eigenvalue weighted by Gasteiger charge is -2.19. The van der Waals surface area contributed by atoms with Crippen LogP contribution in [0.4, 0.5) is 5.69 Å². The quantitative estimate of drug-likeness (QED) is 0.832. The summed E-state index contributed by atoms with van der Waals surface area (Å²) < 4.78 is 0. The van der Waals surface area contributed by atoms with Crippen LogP contribution in [0.25, 0.3) is 0 Å². The Morgan fingerprint density at radius 3 is 2.59 bits per heavy atom. The lowest BCUT2D eigenvalue weighted by Crippen LogP contribution is -2.10. The van der Waals surface area contributed by atoms with E-state index in [0.717, 1.165) is 18.5 Å². The fourth-order valence-corrected chi connectivity index (χ4v) is 1.95. The highest BCUT2D eigenvalue weighted by atomic mass is 14.9. The molecule has 0 saturated carbocycles. The van der Waals surface area contributed by atoms with Crippen LogP contribution in [0, 0.1) is 0 Å². The Balaban J connectivity index is 2.13. The number of aromatic nitrogens is 1. The number of benzene rings is 1. The third-order valence-electron chi connectivity index (χ3n) is 2.78. The highest BCUT2D eigenvalue weighted by Crippen LogP contribution is 2.23. The molecular formula is C15H18N2. The van der Waals surface area contributed by atoms with E-state index >= 15 is 0 Å². The van der Waals surface area contributed by atoms with Gasteiger partial charge >= 0.3 is 0 Å². The molecule has 0 radical (unpaired) electrons. The van der Waals surface area contributed by atoms with Crippen LogP contribution < -0.4 is 5.32 Å². The van der Waals surface area contributed by atoms with Crippen LogP contribution in [0.15, 0.2) is 54.9 Å². The van der Waals surface area contributed by atoms with Crippen molar-refractivity contribution in [1.82, 2.24) is 4.98 Å². The highest BCUT2D eigenvalue weighted by molar-refractivity contribution is 5.42. The summed E-state index contributed by atoms with van der Waals surface area (Å²) in [6.07, 6.45) is 5.94. The van der Waals surface area contributed by atoms with Gasteiger partial charge in [0.05, 0.1) is 11.7 Å². The second kappa shape index (κ2) is 6.04. The molecule has 2 nitrogen and oxygen atoms in total. The number of anilines is 1. The van der Waals surface area contributed by atoms with Gasteiger partial charge in [0.25, 0.3) is 0 Å². The molecule has 1 heterocycles. The van der Waals surface area contributed by atoms with Crippen molar-refractivity contribution in [3.8, 4) is 0 Å². The van der Waals surface area contributed by atoms with Gasteiger partial charge in [-0.05, 0) is 24.1 Å². The lowest BCUT2D eigenvalue weighted by molar-refractivity contribution is 0.677. The zero-order valence-electron chi connectivity index (χ0n) is 10.1. The molecule has 0 aliphatic heterocycles. The van der Waals surface area contributed by atoms with Crippen LogP contribution in [-0.4, -0.2) is 4.98 Å². The Kier molecular flexibility index (Phi) is 4.14. The molecule has 2 rings (SSSR count). The summed E-state index contributed by atoms with van der Waals surface area (Å²) in [6.45, 7) is 2.21. The van der Waals surface area contributed by atoms with Crippen molar-refractivity contribution in [1.29, 1.82) is 0 Å². The zero-order valence-corrected chi connectivity index (χ0v) is 10.1. The van der Waals surface area contributed by atoms with Crippen LogP contribution in [0.5, 0.6) is 0 Å². The monoisotopic (exact) mass is 226 g/mol. The molecule has 2 aromatic rings. The molecule has 0 fully saturated rings. The number of rotatable bonds is 5. The van der Waals surface area contributed by atoms with Gasteiger partial charge in [0.15, 0.2) is 0 Å². The van der Waals surface area contributed by atoms with Crippen molar-refractivity contribution < 1.29 is 0 Å². The van der Waals surface area contributed by atoms with Crippen LogP contribution in [0.3, 0.4) is 0 Å². The van der Waals surface area contributed by atoms with Gasteiger partial charge < -0.3 is 5.32 Å². The topological polar surface area (TPSA) is 24.9 Å². The predicted octanol–water partition coefficient (Wildman–Crippen LogP) is 4.03. The molecule has 1 unspecified atom stereocenters. The minimum Gasteiger partial charge on any atom is -0.377 e. The Morgan fingerprint density at radius 1 is 1.12 bits per heavy atom. The molecule has 17 heavy (non-hydrogen) atoms. The van der Waals surface area contributed by atoms with E-state index in [9.17, 15) is 0 Å². The molecule has 88 valence electrons. The third kappa shape index (κ3) is 3.31. The molecule has 0 spiro atoms. The average Bonchev–Trinajstić information content (AvgIpc) is 2.40. The van der Waals surface area contributed by atoms with E-state index in [4.69, 9.17) is 0 Å². The second-order valence-electron chi connectivity index (χ2n) is 4.14. The third-order valence-corrected chi connectivity index (χ3v) is 2.78. The summed E-state index contributed by atoms with van der Waals surface area (Å²) >= 11 is 0. The molecule has 0 aliphatic carbocycles. The van der Waals surface area contributed by atoms with Gasteiger partial charge in [-0.3, -0.25) is 4.98 Å². The Morgan fingerprint density at radius 2 is 1.94 bits per heavy atom. The second-order valence-corrected chi connectivity index (χ2v) is 4.14. The maximum absolute atomic E-state index is 4.13. The zero-order chi connectivity index (χ0) is 11.9. The number of pyridine rings is 1. The summed E-state index contributed by atoms with van der Waals surface area (Å²) in [4.78, 5) is 4.13. The van der Waals surface area contributed by atoms with Gasteiger partial charge in [-0.2, -0.15) is 0 Å².